The Kier molecular flexibility index (Phi) is 6.37. The number of carbonyl (C=O) groups is 2. The maximum absolute atomic E-state index is 14.5. The molecule has 0 saturated heterocycles. The fourth-order valence-electron chi connectivity index (χ4n) is 6.52. The number of amides is 1. The molecule has 3 fully saturated rings. The van der Waals surface area contributed by atoms with Crippen molar-refractivity contribution in [2.24, 2.45) is 22.7 Å². The molecule has 1 amide bonds. The Morgan fingerprint density at radius 3 is 2.56 bits per heavy atom. The third-order valence-electron chi connectivity index (χ3n) is 8.85. The minimum Gasteiger partial charge on any atom is -0.393 e. The van der Waals surface area contributed by atoms with Gasteiger partial charge in [0.1, 0.15) is 6.04 Å². The monoisotopic (exact) mass is 504 g/mol. The van der Waals surface area contributed by atoms with Gasteiger partial charge in [0, 0.05) is 24.1 Å². The third kappa shape index (κ3) is 4.52. The Labute approximate surface area is 211 Å². The molecular formula is C27H38F2N4O3. The molecule has 4 aliphatic rings. The lowest BCUT2D eigenvalue weighted by molar-refractivity contribution is -0.124. The van der Waals surface area contributed by atoms with Crippen LogP contribution in [0, 0.1) is 22.7 Å². The first-order valence-corrected chi connectivity index (χ1v) is 13.4. The molecule has 4 unspecified atom stereocenters. The van der Waals surface area contributed by atoms with Crippen LogP contribution in [0.5, 0.6) is 0 Å². The van der Waals surface area contributed by atoms with Crippen LogP contribution in [0.1, 0.15) is 96.2 Å². The van der Waals surface area contributed by atoms with E-state index in [0.717, 1.165) is 31.4 Å². The number of allylic oxidation sites excluding steroid dienone is 1. The lowest BCUT2D eigenvalue weighted by Crippen LogP contribution is -2.35. The number of carbonyl (C=O) groups excluding carboxylic acids is 2. The summed E-state index contributed by atoms with van der Waals surface area (Å²) in [5, 5.41) is 21.7. The number of hydrogen-bond donors (Lipinski definition) is 2. The van der Waals surface area contributed by atoms with Crippen LogP contribution in [0.15, 0.2) is 17.8 Å². The van der Waals surface area contributed by atoms with E-state index in [0.29, 0.717) is 37.2 Å². The summed E-state index contributed by atoms with van der Waals surface area (Å²) in [6.45, 7) is 5.85. The van der Waals surface area contributed by atoms with Crippen molar-refractivity contribution >= 4 is 11.7 Å². The highest BCUT2D eigenvalue weighted by molar-refractivity contribution is 5.99. The Morgan fingerprint density at radius 2 is 1.92 bits per heavy atom. The van der Waals surface area contributed by atoms with Gasteiger partial charge in [-0.2, -0.15) is 0 Å². The molecule has 1 spiro atoms. The molecular weight excluding hydrogens is 466 g/mol. The summed E-state index contributed by atoms with van der Waals surface area (Å²) >= 11 is 0. The van der Waals surface area contributed by atoms with Gasteiger partial charge in [0.2, 0.25) is 5.91 Å². The van der Waals surface area contributed by atoms with Crippen LogP contribution in [0.2, 0.25) is 0 Å². The van der Waals surface area contributed by atoms with Crippen molar-refractivity contribution in [1.29, 1.82) is 0 Å². The lowest BCUT2D eigenvalue weighted by Gasteiger charge is -2.30. The molecule has 7 nitrogen and oxygen atoms in total. The molecule has 0 aromatic carbocycles. The van der Waals surface area contributed by atoms with Crippen molar-refractivity contribution in [3.8, 4) is 0 Å². The highest BCUT2D eigenvalue weighted by Crippen LogP contribution is 2.72. The number of Topliss-reactive ketones (excluding diaryl/α,β-unsaturated/α-hetero) is 1. The quantitative estimate of drug-likeness (QED) is 0.576. The summed E-state index contributed by atoms with van der Waals surface area (Å²) in [7, 11) is 0. The van der Waals surface area contributed by atoms with Crippen LogP contribution in [0.3, 0.4) is 0 Å². The van der Waals surface area contributed by atoms with Crippen molar-refractivity contribution in [2.75, 3.05) is 6.54 Å². The van der Waals surface area contributed by atoms with Crippen LogP contribution in [0.4, 0.5) is 8.78 Å². The molecule has 3 saturated carbocycles. The lowest BCUT2D eigenvalue weighted by atomic mass is 9.81. The van der Waals surface area contributed by atoms with E-state index in [1.165, 1.54) is 0 Å². The van der Waals surface area contributed by atoms with Crippen LogP contribution >= 0.6 is 0 Å². The topological polar surface area (TPSA) is 97.1 Å². The molecule has 0 radical (unpaired) electrons. The summed E-state index contributed by atoms with van der Waals surface area (Å²) in [4.78, 5) is 26.9. The second-order valence-electron chi connectivity index (χ2n) is 12.5. The number of aliphatic hydroxyl groups excluding tert-OH is 1. The third-order valence-corrected chi connectivity index (χ3v) is 8.85. The van der Waals surface area contributed by atoms with Gasteiger partial charge in [-0.15, -0.1) is 5.10 Å². The Morgan fingerprint density at radius 1 is 1.22 bits per heavy atom. The molecule has 9 heteroatoms. The van der Waals surface area contributed by atoms with Gasteiger partial charge in [-0.25, -0.2) is 13.5 Å². The van der Waals surface area contributed by atoms with Gasteiger partial charge >= 0.3 is 0 Å². The van der Waals surface area contributed by atoms with Gasteiger partial charge in [0.15, 0.2) is 5.78 Å². The van der Waals surface area contributed by atoms with Crippen molar-refractivity contribution in [2.45, 2.75) is 103 Å². The van der Waals surface area contributed by atoms with Gasteiger partial charge in [-0.1, -0.05) is 44.9 Å². The molecule has 1 aromatic heterocycles. The average molecular weight is 505 g/mol. The van der Waals surface area contributed by atoms with Crippen molar-refractivity contribution < 1.29 is 23.5 Å². The predicted octanol–water partition coefficient (Wildman–Crippen LogP) is 4.34. The number of ketones is 1. The number of aliphatic hydroxyl groups is 1. The van der Waals surface area contributed by atoms with Crippen LogP contribution in [-0.2, 0) is 9.59 Å². The number of halogens is 2. The predicted molar refractivity (Wildman–Crippen MR) is 129 cm³/mol. The van der Waals surface area contributed by atoms with E-state index in [9.17, 15) is 23.5 Å². The smallest absolute Gasteiger partial charge is 0.259 e. The Bertz CT molecular complexity index is 1050. The van der Waals surface area contributed by atoms with Gasteiger partial charge in [-0.3, -0.25) is 9.59 Å². The fraction of sp³-hybridized carbons (Fsp3) is 0.778. The van der Waals surface area contributed by atoms with Gasteiger partial charge in [0.25, 0.3) is 5.92 Å². The molecule has 198 valence electrons. The van der Waals surface area contributed by atoms with Crippen molar-refractivity contribution in [3.63, 3.8) is 0 Å². The largest absolute Gasteiger partial charge is 0.393 e. The van der Waals surface area contributed by atoms with E-state index in [4.69, 9.17) is 0 Å². The SMILES string of the molecule is CC(C)(C)C(C(=O)C1=CC(C(=O)NCC2C(F)(F)C23CCCC3)CC(O)CC1)n1cc(C2CC2)nn1. The number of alkyl halides is 2. The first-order chi connectivity index (χ1) is 16.9. The molecule has 4 atom stereocenters. The second-order valence-corrected chi connectivity index (χ2v) is 12.5. The van der Waals surface area contributed by atoms with Crippen molar-refractivity contribution in [1.82, 2.24) is 20.3 Å². The van der Waals surface area contributed by atoms with Crippen LogP contribution < -0.4 is 5.32 Å². The average Bonchev–Trinajstić information content (AvgIpc) is 3.55. The first kappa shape index (κ1) is 25.5. The van der Waals surface area contributed by atoms with Crippen LogP contribution in [0.25, 0.3) is 0 Å². The van der Waals surface area contributed by atoms with Crippen LogP contribution in [-0.4, -0.2) is 50.4 Å². The number of hydrogen-bond acceptors (Lipinski definition) is 5. The standard InChI is InChI=1S/C27H38F2N4O3/c1-25(2,3)23(33-15-20(31-32-33)16-6-7-16)22(35)17-8-9-19(34)13-18(12-17)24(36)30-14-21-26(27(21,28)29)10-4-5-11-26/h12,15-16,18-19,21,23,34H,4-11,13-14H2,1-3H3,(H,30,36). The zero-order valence-electron chi connectivity index (χ0n) is 21.5. The maximum atomic E-state index is 14.5. The van der Waals surface area contributed by atoms with E-state index >= 15 is 0 Å². The van der Waals surface area contributed by atoms with Gasteiger partial charge < -0.3 is 10.4 Å². The number of rotatable bonds is 7. The van der Waals surface area contributed by atoms with E-state index in [1.807, 2.05) is 27.0 Å². The molecule has 0 aliphatic heterocycles. The van der Waals surface area contributed by atoms with E-state index in [-0.39, 0.29) is 18.7 Å². The molecule has 1 heterocycles. The number of nitrogens with zero attached hydrogens (tertiary/aromatic N) is 3. The molecule has 36 heavy (non-hydrogen) atoms. The molecule has 0 bridgehead atoms. The van der Waals surface area contributed by atoms with E-state index < -0.39 is 46.6 Å². The van der Waals surface area contributed by atoms with Gasteiger partial charge in [0.05, 0.1) is 23.6 Å². The minimum absolute atomic E-state index is 0.0664. The summed E-state index contributed by atoms with van der Waals surface area (Å²) in [6, 6.07) is -0.602. The highest BCUT2D eigenvalue weighted by atomic mass is 19.3. The second kappa shape index (κ2) is 8.99. The maximum Gasteiger partial charge on any atom is 0.259 e. The summed E-state index contributed by atoms with van der Waals surface area (Å²) in [6.07, 6.45) is 8.48. The number of aromatic nitrogens is 3. The molecule has 1 aromatic rings. The first-order valence-electron chi connectivity index (χ1n) is 13.4. The van der Waals surface area contributed by atoms with Crippen molar-refractivity contribution in [3.05, 3.63) is 23.5 Å². The van der Waals surface area contributed by atoms with E-state index in [1.54, 1.807) is 10.8 Å². The zero-order valence-corrected chi connectivity index (χ0v) is 21.5. The number of nitrogens with one attached hydrogen (secondary N) is 1. The zero-order chi connectivity index (χ0) is 25.9. The Balaban J connectivity index is 1.32. The molecule has 2 N–H and O–H groups in total. The normalized spacial score (nSPS) is 29.9. The molecule has 4 aliphatic carbocycles. The summed E-state index contributed by atoms with van der Waals surface area (Å²) < 4.78 is 30.6. The summed E-state index contributed by atoms with van der Waals surface area (Å²) in [5.74, 6) is -4.42. The minimum atomic E-state index is -2.73. The highest BCUT2D eigenvalue weighted by Gasteiger charge is 2.79. The summed E-state index contributed by atoms with van der Waals surface area (Å²) in [5.41, 5.74) is -0.0184. The molecule has 5 rings (SSSR count). The van der Waals surface area contributed by atoms with E-state index in [2.05, 4.69) is 15.6 Å². The van der Waals surface area contributed by atoms with Gasteiger partial charge in [-0.05, 0) is 55.9 Å². The Hall–Kier alpha value is -2.16. The fourth-order valence-corrected chi connectivity index (χ4v) is 6.52.